The lowest BCUT2D eigenvalue weighted by Crippen LogP contribution is -2.21. The molecule has 108 valence electrons. The zero-order valence-electron chi connectivity index (χ0n) is 12.5. The second-order valence-corrected chi connectivity index (χ2v) is 7.03. The standard InChI is InChI=1S/C17H23NOS/c1-11-8-9-15(19-11)12(2)18-13(3)17-10-14-6-4-5-7-16(14)20-17/h8-10,12-13,18H,4-7H2,1-3H3. The topological polar surface area (TPSA) is 25.2 Å². The van der Waals surface area contributed by atoms with Crippen molar-refractivity contribution >= 4 is 11.3 Å². The van der Waals surface area contributed by atoms with Crippen LogP contribution in [-0.4, -0.2) is 0 Å². The van der Waals surface area contributed by atoms with Crippen molar-refractivity contribution in [2.45, 2.75) is 58.5 Å². The SMILES string of the molecule is Cc1ccc(C(C)NC(C)c2cc3c(s2)CCCC3)o1. The smallest absolute Gasteiger partial charge is 0.120 e. The fraction of sp³-hybridized carbons (Fsp3) is 0.529. The zero-order valence-corrected chi connectivity index (χ0v) is 13.3. The molecule has 0 aliphatic heterocycles. The molecule has 0 saturated carbocycles. The average molecular weight is 289 g/mol. The maximum atomic E-state index is 5.70. The lowest BCUT2D eigenvalue weighted by molar-refractivity contribution is 0.394. The first kappa shape index (κ1) is 13.9. The Balaban J connectivity index is 1.69. The molecule has 0 aromatic carbocycles. The molecule has 2 aromatic rings. The Bertz CT molecular complexity index is 560. The molecule has 2 unspecified atom stereocenters. The Morgan fingerprint density at radius 1 is 1.15 bits per heavy atom. The largest absolute Gasteiger partial charge is 0.465 e. The molecule has 1 aliphatic carbocycles. The monoisotopic (exact) mass is 289 g/mol. The molecule has 2 nitrogen and oxygen atoms in total. The van der Waals surface area contributed by atoms with Crippen LogP contribution in [0, 0.1) is 6.92 Å². The van der Waals surface area contributed by atoms with E-state index in [2.05, 4.69) is 31.3 Å². The Hall–Kier alpha value is -1.06. The molecule has 0 saturated heterocycles. The average Bonchev–Trinajstić information content (AvgIpc) is 3.04. The number of aryl methyl sites for hydroxylation is 3. The first-order valence-corrected chi connectivity index (χ1v) is 8.39. The third-order valence-electron chi connectivity index (χ3n) is 4.13. The second-order valence-electron chi connectivity index (χ2n) is 5.86. The van der Waals surface area contributed by atoms with Crippen LogP contribution in [-0.2, 0) is 12.8 Å². The quantitative estimate of drug-likeness (QED) is 0.862. The molecular weight excluding hydrogens is 266 g/mol. The van der Waals surface area contributed by atoms with Crippen LogP contribution in [0.5, 0.6) is 0 Å². The summed E-state index contributed by atoms with van der Waals surface area (Å²) >= 11 is 1.99. The van der Waals surface area contributed by atoms with Gasteiger partial charge in [0.2, 0.25) is 0 Å². The maximum absolute atomic E-state index is 5.70. The Labute approximate surface area is 125 Å². The highest BCUT2D eigenvalue weighted by molar-refractivity contribution is 7.12. The minimum Gasteiger partial charge on any atom is -0.465 e. The third kappa shape index (κ3) is 2.84. The summed E-state index contributed by atoms with van der Waals surface area (Å²) in [6.07, 6.45) is 5.26. The summed E-state index contributed by atoms with van der Waals surface area (Å²) in [6.45, 7) is 6.42. The lowest BCUT2D eigenvalue weighted by atomic mass is 9.99. The molecule has 0 fully saturated rings. The number of nitrogens with one attached hydrogen (secondary N) is 1. The summed E-state index contributed by atoms with van der Waals surface area (Å²) in [5.41, 5.74) is 1.59. The summed E-state index contributed by atoms with van der Waals surface area (Å²) in [4.78, 5) is 3.08. The van der Waals surface area contributed by atoms with Crippen molar-refractivity contribution in [3.8, 4) is 0 Å². The highest BCUT2D eigenvalue weighted by Gasteiger charge is 2.19. The first-order valence-electron chi connectivity index (χ1n) is 7.57. The van der Waals surface area contributed by atoms with Crippen LogP contribution in [0.15, 0.2) is 22.6 Å². The van der Waals surface area contributed by atoms with E-state index in [1.807, 2.05) is 24.3 Å². The maximum Gasteiger partial charge on any atom is 0.120 e. The van der Waals surface area contributed by atoms with Crippen molar-refractivity contribution in [3.05, 3.63) is 45.0 Å². The molecule has 3 rings (SSSR count). The summed E-state index contributed by atoms with van der Waals surface area (Å²) in [7, 11) is 0. The summed E-state index contributed by atoms with van der Waals surface area (Å²) in [5, 5.41) is 3.65. The van der Waals surface area contributed by atoms with Crippen molar-refractivity contribution in [1.82, 2.24) is 5.32 Å². The van der Waals surface area contributed by atoms with Crippen molar-refractivity contribution in [2.75, 3.05) is 0 Å². The normalized spacial score (nSPS) is 17.8. The minimum atomic E-state index is 0.248. The van der Waals surface area contributed by atoms with Gasteiger partial charge in [0.05, 0.1) is 6.04 Å². The Kier molecular flexibility index (Phi) is 3.99. The molecule has 3 heteroatoms. The van der Waals surface area contributed by atoms with Crippen molar-refractivity contribution < 1.29 is 4.42 Å². The van der Waals surface area contributed by atoms with Crippen molar-refractivity contribution in [1.29, 1.82) is 0 Å². The van der Waals surface area contributed by atoms with E-state index in [9.17, 15) is 0 Å². The number of thiophene rings is 1. The van der Waals surface area contributed by atoms with Gasteiger partial charge in [0.15, 0.2) is 0 Å². The lowest BCUT2D eigenvalue weighted by Gasteiger charge is -2.17. The first-order chi connectivity index (χ1) is 9.63. The zero-order chi connectivity index (χ0) is 14.1. The van der Waals surface area contributed by atoms with Gasteiger partial charge in [0, 0.05) is 15.8 Å². The summed E-state index contributed by atoms with van der Waals surface area (Å²) in [5.74, 6) is 2.00. The van der Waals surface area contributed by atoms with E-state index >= 15 is 0 Å². The van der Waals surface area contributed by atoms with E-state index in [4.69, 9.17) is 4.42 Å². The molecule has 1 aliphatic rings. The van der Waals surface area contributed by atoms with Gasteiger partial charge in [-0.2, -0.15) is 0 Å². The van der Waals surface area contributed by atoms with Crippen LogP contribution in [0.4, 0.5) is 0 Å². The summed E-state index contributed by atoms with van der Waals surface area (Å²) in [6, 6.07) is 7.14. The molecule has 2 heterocycles. The van der Waals surface area contributed by atoms with Crippen LogP contribution < -0.4 is 5.32 Å². The molecule has 0 radical (unpaired) electrons. The van der Waals surface area contributed by atoms with E-state index in [1.54, 1.807) is 10.4 Å². The third-order valence-corrected chi connectivity index (χ3v) is 5.55. The van der Waals surface area contributed by atoms with Gasteiger partial charge in [0.1, 0.15) is 11.5 Å². The van der Waals surface area contributed by atoms with Crippen LogP contribution >= 0.6 is 11.3 Å². The number of hydrogen-bond donors (Lipinski definition) is 1. The fourth-order valence-corrected chi connectivity index (χ4v) is 4.22. The van der Waals surface area contributed by atoms with Crippen molar-refractivity contribution in [2.24, 2.45) is 0 Å². The van der Waals surface area contributed by atoms with Gasteiger partial charge < -0.3 is 9.73 Å². The van der Waals surface area contributed by atoms with Crippen LogP contribution in [0.25, 0.3) is 0 Å². The predicted octanol–water partition coefficient (Wildman–Crippen LogP) is 4.94. The van der Waals surface area contributed by atoms with Gasteiger partial charge in [-0.3, -0.25) is 0 Å². The van der Waals surface area contributed by atoms with Gasteiger partial charge in [-0.1, -0.05) is 0 Å². The second kappa shape index (κ2) is 5.74. The molecule has 1 N–H and O–H groups in total. The molecule has 20 heavy (non-hydrogen) atoms. The highest BCUT2D eigenvalue weighted by atomic mass is 32.1. The number of hydrogen-bond acceptors (Lipinski definition) is 3. The number of furan rings is 1. The highest BCUT2D eigenvalue weighted by Crippen LogP contribution is 2.33. The molecule has 2 aromatic heterocycles. The van der Waals surface area contributed by atoms with Gasteiger partial charge in [-0.05, 0) is 70.2 Å². The van der Waals surface area contributed by atoms with E-state index in [-0.39, 0.29) is 6.04 Å². The molecular formula is C17H23NOS. The minimum absolute atomic E-state index is 0.248. The molecule has 0 spiro atoms. The van der Waals surface area contributed by atoms with E-state index in [0.29, 0.717) is 6.04 Å². The van der Waals surface area contributed by atoms with E-state index in [0.717, 1.165) is 11.5 Å². The van der Waals surface area contributed by atoms with Gasteiger partial charge in [-0.25, -0.2) is 0 Å². The van der Waals surface area contributed by atoms with E-state index in [1.165, 1.54) is 30.6 Å². The Morgan fingerprint density at radius 2 is 1.95 bits per heavy atom. The Morgan fingerprint density at radius 3 is 2.65 bits per heavy atom. The number of rotatable bonds is 4. The molecule has 2 atom stereocenters. The van der Waals surface area contributed by atoms with Gasteiger partial charge in [-0.15, -0.1) is 11.3 Å². The van der Waals surface area contributed by atoms with Gasteiger partial charge in [0.25, 0.3) is 0 Å². The predicted molar refractivity (Wildman–Crippen MR) is 84.4 cm³/mol. The molecule has 0 bridgehead atoms. The fourth-order valence-electron chi connectivity index (χ4n) is 2.95. The van der Waals surface area contributed by atoms with Gasteiger partial charge >= 0.3 is 0 Å². The van der Waals surface area contributed by atoms with Crippen LogP contribution in [0.2, 0.25) is 0 Å². The summed E-state index contributed by atoms with van der Waals surface area (Å²) < 4.78 is 5.70. The van der Waals surface area contributed by atoms with Crippen molar-refractivity contribution in [3.63, 3.8) is 0 Å². The number of fused-ring (bicyclic) bond motifs is 1. The van der Waals surface area contributed by atoms with E-state index < -0.39 is 0 Å². The molecule has 0 amide bonds. The van der Waals surface area contributed by atoms with Crippen LogP contribution in [0.3, 0.4) is 0 Å². The van der Waals surface area contributed by atoms with Crippen LogP contribution in [0.1, 0.15) is 65.6 Å².